The average Bonchev–Trinajstić information content (AvgIpc) is 2.49. The van der Waals surface area contributed by atoms with Crippen LogP contribution in [0.3, 0.4) is 0 Å². The number of hydrogen-bond acceptors (Lipinski definition) is 2. The van der Waals surface area contributed by atoms with Gasteiger partial charge in [0.05, 0.1) is 4.90 Å². The summed E-state index contributed by atoms with van der Waals surface area (Å²) in [5.74, 6) is 0. The predicted octanol–water partition coefficient (Wildman–Crippen LogP) is 3.89. The number of sulfonamides is 1. The molecule has 1 aliphatic rings. The molecule has 4 heteroatoms. The number of nitrogens with zero attached hydrogens (tertiary/aromatic N) is 1. The van der Waals surface area contributed by atoms with Gasteiger partial charge in [0.2, 0.25) is 10.0 Å². The van der Waals surface area contributed by atoms with Crippen LogP contribution in [0.2, 0.25) is 0 Å². The molecule has 0 spiro atoms. The van der Waals surface area contributed by atoms with E-state index in [-0.39, 0.29) is 6.04 Å². The summed E-state index contributed by atoms with van der Waals surface area (Å²) in [5, 5.41) is 0. The molecule has 21 heavy (non-hydrogen) atoms. The lowest BCUT2D eigenvalue weighted by molar-refractivity contribution is 0.256. The fraction of sp³-hybridized carbons (Fsp3) is 0.529. The van der Waals surface area contributed by atoms with Crippen molar-refractivity contribution >= 4 is 10.0 Å². The van der Waals surface area contributed by atoms with Crippen LogP contribution in [0.15, 0.2) is 41.8 Å². The monoisotopic (exact) mass is 307 g/mol. The SMILES string of the molecule is C=CCCN(C1CCCCC1)S(=O)(=O)c1ccc(C)cc1. The maximum Gasteiger partial charge on any atom is 0.243 e. The van der Waals surface area contributed by atoms with Crippen LogP contribution in [-0.2, 0) is 10.0 Å². The topological polar surface area (TPSA) is 37.4 Å². The van der Waals surface area contributed by atoms with E-state index < -0.39 is 10.0 Å². The first-order valence-corrected chi connectivity index (χ1v) is 9.19. The van der Waals surface area contributed by atoms with Crippen molar-refractivity contribution < 1.29 is 8.42 Å². The van der Waals surface area contributed by atoms with Crippen molar-refractivity contribution in [3.8, 4) is 0 Å². The molecule has 0 atom stereocenters. The third kappa shape index (κ3) is 3.95. The van der Waals surface area contributed by atoms with E-state index in [1.165, 1.54) is 6.42 Å². The van der Waals surface area contributed by atoms with E-state index in [4.69, 9.17) is 0 Å². The Morgan fingerprint density at radius 3 is 2.38 bits per heavy atom. The van der Waals surface area contributed by atoms with Gasteiger partial charge in [0.25, 0.3) is 0 Å². The zero-order valence-corrected chi connectivity index (χ0v) is 13.6. The summed E-state index contributed by atoms with van der Waals surface area (Å²) in [6.07, 6.45) is 7.90. The summed E-state index contributed by atoms with van der Waals surface area (Å²) in [7, 11) is -3.40. The zero-order chi connectivity index (χ0) is 15.3. The molecule has 0 N–H and O–H groups in total. The van der Waals surface area contributed by atoms with E-state index in [1.807, 2.05) is 19.1 Å². The molecule has 0 aromatic heterocycles. The van der Waals surface area contributed by atoms with E-state index in [0.29, 0.717) is 17.9 Å². The standard InChI is InChI=1S/C17H25NO2S/c1-3-4-14-18(16-8-6-5-7-9-16)21(19,20)17-12-10-15(2)11-13-17/h3,10-13,16H,1,4-9,14H2,2H3. The van der Waals surface area contributed by atoms with E-state index in [1.54, 1.807) is 22.5 Å². The maximum atomic E-state index is 12.9. The average molecular weight is 307 g/mol. The minimum atomic E-state index is -3.40. The highest BCUT2D eigenvalue weighted by molar-refractivity contribution is 7.89. The summed E-state index contributed by atoms with van der Waals surface area (Å²) >= 11 is 0. The Hall–Kier alpha value is -1.13. The van der Waals surface area contributed by atoms with E-state index in [9.17, 15) is 8.42 Å². The molecule has 1 saturated carbocycles. The summed E-state index contributed by atoms with van der Waals surface area (Å²) < 4.78 is 27.6. The van der Waals surface area contributed by atoms with Gasteiger partial charge in [-0.1, -0.05) is 43.0 Å². The molecule has 0 radical (unpaired) electrons. The molecule has 1 aromatic carbocycles. The first-order chi connectivity index (χ1) is 10.1. The Morgan fingerprint density at radius 1 is 1.19 bits per heavy atom. The van der Waals surface area contributed by atoms with Gasteiger partial charge in [-0.25, -0.2) is 8.42 Å². The summed E-state index contributed by atoms with van der Waals surface area (Å²) in [4.78, 5) is 0.405. The van der Waals surface area contributed by atoms with E-state index in [2.05, 4.69) is 6.58 Å². The molecule has 0 aliphatic heterocycles. The minimum Gasteiger partial charge on any atom is -0.207 e. The van der Waals surface area contributed by atoms with Crippen LogP contribution < -0.4 is 0 Å². The fourth-order valence-corrected chi connectivity index (χ4v) is 4.63. The zero-order valence-electron chi connectivity index (χ0n) is 12.8. The molecule has 0 saturated heterocycles. The highest BCUT2D eigenvalue weighted by Gasteiger charge is 2.31. The van der Waals surface area contributed by atoms with Crippen molar-refractivity contribution in [2.24, 2.45) is 0 Å². The van der Waals surface area contributed by atoms with Crippen LogP contribution in [0.4, 0.5) is 0 Å². The summed E-state index contributed by atoms with van der Waals surface area (Å²) in [5.41, 5.74) is 1.07. The van der Waals surface area contributed by atoms with Crippen LogP contribution in [0.5, 0.6) is 0 Å². The predicted molar refractivity (Wildman–Crippen MR) is 86.8 cm³/mol. The number of aryl methyl sites for hydroxylation is 1. The molecule has 1 aromatic rings. The molecular formula is C17H25NO2S. The Balaban J connectivity index is 2.28. The van der Waals surface area contributed by atoms with Crippen molar-refractivity contribution in [3.63, 3.8) is 0 Å². The van der Waals surface area contributed by atoms with Crippen LogP contribution in [0.1, 0.15) is 44.1 Å². The van der Waals surface area contributed by atoms with Crippen LogP contribution >= 0.6 is 0 Å². The molecule has 0 unspecified atom stereocenters. The van der Waals surface area contributed by atoms with Crippen LogP contribution in [0, 0.1) is 6.92 Å². The first-order valence-electron chi connectivity index (χ1n) is 7.75. The molecule has 1 aliphatic carbocycles. The van der Waals surface area contributed by atoms with Gasteiger partial charge < -0.3 is 0 Å². The van der Waals surface area contributed by atoms with Crippen molar-refractivity contribution in [3.05, 3.63) is 42.5 Å². The number of benzene rings is 1. The molecule has 0 amide bonds. The van der Waals surface area contributed by atoms with E-state index >= 15 is 0 Å². The lowest BCUT2D eigenvalue weighted by atomic mass is 9.95. The molecule has 3 nitrogen and oxygen atoms in total. The minimum absolute atomic E-state index is 0.144. The molecular weight excluding hydrogens is 282 g/mol. The van der Waals surface area contributed by atoms with Gasteiger partial charge in [-0.05, 0) is 38.3 Å². The van der Waals surface area contributed by atoms with Crippen LogP contribution in [-0.4, -0.2) is 25.3 Å². The summed E-state index contributed by atoms with van der Waals surface area (Å²) in [6, 6.07) is 7.30. The number of rotatable bonds is 6. The number of hydrogen-bond donors (Lipinski definition) is 0. The fourth-order valence-electron chi connectivity index (χ4n) is 2.93. The summed E-state index contributed by atoms with van der Waals surface area (Å²) in [6.45, 7) is 6.22. The Labute approximate surface area is 128 Å². The second-order valence-electron chi connectivity index (χ2n) is 5.80. The molecule has 0 heterocycles. The van der Waals surface area contributed by atoms with Crippen molar-refractivity contribution in [1.82, 2.24) is 4.31 Å². The molecule has 116 valence electrons. The first kappa shape index (κ1) is 16.2. The molecule has 1 fully saturated rings. The van der Waals surface area contributed by atoms with Gasteiger partial charge in [0.1, 0.15) is 0 Å². The van der Waals surface area contributed by atoms with Crippen molar-refractivity contribution in [1.29, 1.82) is 0 Å². The quantitative estimate of drug-likeness (QED) is 0.748. The third-order valence-corrected chi connectivity index (χ3v) is 6.13. The van der Waals surface area contributed by atoms with Gasteiger partial charge in [-0.3, -0.25) is 0 Å². The van der Waals surface area contributed by atoms with E-state index in [0.717, 1.165) is 31.2 Å². The molecule has 2 rings (SSSR count). The van der Waals surface area contributed by atoms with Gasteiger partial charge in [-0.15, -0.1) is 6.58 Å². The smallest absolute Gasteiger partial charge is 0.207 e. The Morgan fingerprint density at radius 2 is 1.81 bits per heavy atom. The molecule has 0 bridgehead atoms. The second kappa shape index (κ2) is 7.23. The third-order valence-electron chi connectivity index (χ3n) is 4.16. The van der Waals surface area contributed by atoms with Crippen molar-refractivity contribution in [2.45, 2.75) is 56.4 Å². The highest BCUT2D eigenvalue weighted by atomic mass is 32.2. The Kier molecular flexibility index (Phi) is 5.59. The lowest BCUT2D eigenvalue weighted by Crippen LogP contribution is -2.41. The highest BCUT2D eigenvalue weighted by Crippen LogP contribution is 2.28. The second-order valence-corrected chi connectivity index (χ2v) is 7.69. The maximum absolute atomic E-state index is 12.9. The van der Waals surface area contributed by atoms with Gasteiger partial charge in [-0.2, -0.15) is 4.31 Å². The van der Waals surface area contributed by atoms with Crippen molar-refractivity contribution in [2.75, 3.05) is 6.54 Å². The normalized spacial score (nSPS) is 17.0. The van der Waals surface area contributed by atoms with Crippen LogP contribution in [0.25, 0.3) is 0 Å². The Bertz CT molecular complexity index is 557. The van der Waals surface area contributed by atoms with Gasteiger partial charge in [0, 0.05) is 12.6 Å². The van der Waals surface area contributed by atoms with Gasteiger partial charge >= 0.3 is 0 Å². The van der Waals surface area contributed by atoms with Gasteiger partial charge in [0.15, 0.2) is 0 Å². The largest absolute Gasteiger partial charge is 0.243 e. The lowest BCUT2D eigenvalue weighted by Gasteiger charge is -2.33.